The largest absolute Gasteiger partial charge is 0.393 e. The van der Waals surface area contributed by atoms with Crippen molar-refractivity contribution < 1.29 is 5.11 Å². The number of aliphatic hydroxyl groups excluding tert-OH is 1. The summed E-state index contributed by atoms with van der Waals surface area (Å²) in [6, 6.07) is 11.1. The van der Waals surface area contributed by atoms with Gasteiger partial charge in [-0.05, 0) is 122 Å². The number of hydrogen-bond donors (Lipinski definition) is 1. The van der Waals surface area contributed by atoms with Crippen LogP contribution in [0.25, 0.3) is 0 Å². The van der Waals surface area contributed by atoms with E-state index in [4.69, 9.17) is 0 Å². The van der Waals surface area contributed by atoms with Crippen LogP contribution in [0.3, 0.4) is 0 Å². The van der Waals surface area contributed by atoms with Crippen LogP contribution in [-0.4, -0.2) is 11.2 Å². The zero-order chi connectivity index (χ0) is 23.2. The minimum absolute atomic E-state index is 0.0328. The average molecular weight is 451 g/mol. The molecule has 0 aliphatic heterocycles. The van der Waals surface area contributed by atoms with E-state index in [-0.39, 0.29) is 6.10 Å². The lowest BCUT2D eigenvalue weighted by molar-refractivity contribution is -0.149. The second-order valence-corrected chi connectivity index (χ2v) is 13.6. The second-order valence-electron chi connectivity index (χ2n) is 13.6. The first-order valence-corrected chi connectivity index (χ1v) is 14.5. The summed E-state index contributed by atoms with van der Waals surface area (Å²) < 4.78 is 0. The number of aryl methyl sites for hydroxylation is 1. The minimum Gasteiger partial charge on any atom is -0.393 e. The summed E-state index contributed by atoms with van der Waals surface area (Å²) in [6.45, 7) is 10.5. The molecule has 4 saturated carbocycles. The Morgan fingerprint density at radius 1 is 0.879 bits per heavy atom. The van der Waals surface area contributed by atoms with Crippen LogP contribution in [0.15, 0.2) is 30.3 Å². The van der Waals surface area contributed by atoms with Crippen molar-refractivity contribution in [2.24, 2.45) is 52.3 Å². The molecular weight excluding hydrogens is 400 g/mol. The Hall–Kier alpha value is -0.820. The zero-order valence-corrected chi connectivity index (χ0v) is 21.9. The fourth-order valence-corrected chi connectivity index (χ4v) is 10.3. The Morgan fingerprint density at radius 2 is 1.61 bits per heavy atom. The Bertz CT molecular complexity index is 787. The van der Waals surface area contributed by atoms with Crippen molar-refractivity contribution in [1.82, 2.24) is 0 Å². The first-order valence-electron chi connectivity index (χ1n) is 14.5. The van der Waals surface area contributed by atoms with Crippen LogP contribution in [0.1, 0.15) is 104 Å². The number of hydrogen-bond acceptors (Lipinski definition) is 1. The lowest BCUT2D eigenvalue weighted by atomic mass is 9.42. The number of fused-ring (bicyclic) bond motifs is 5. The lowest BCUT2D eigenvalue weighted by Gasteiger charge is -2.63. The van der Waals surface area contributed by atoms with Crippen LogP contribution in [-0.2, 0) is 6.42 Å². The Labute approximate surface area is 204 Å². The molecule has 0 spiro atoms. The van der Waals surface area contributed by atoms with Crippen LogP contribution in [0.5, 0.6) is 0 Å². The lowest BCUT2D eigenvalue weighted by Crippen LogP contribution is -2.56. The van der Waals surface area contributed by atoms with Gasteiger partial charge in [-0.3, -0.25) is 0 Å². The van der Waals surface area contributed by atoms with Crippen molar-refractivity contribution in [2.45, 2.75) is 111 Å². The van der Waals surface area contributed by atoms with E-state index in [1.165, 1.54) is 69.8 Å². The third kappa shape index (κ3) is 4.23. The molecular formula is C32H50O. The van der Waals surface area contributed by atoms with E-state index in [9.17, 15) is 5.11 Å². The van der Waals surface area contributed by atoms with Crippen LogP contribution >= 0.6 is 0 Å². The summed E-state index contributed by atoms with van der Waals surface area (Å²) in [5, 5.41) is 10.4. The Morgan fingerprint density at radius 3 is 2.39 bits per heavy atom. The van der Waals surface area contributed by atoms with E-state index in [1.807, 2.05) is 0 Å². The van der Waals surface area contributed by atoms with E-state index in [0.29, 0.717) is 10.8 Å². The summed E-state index contributed by atoms with van der Waals surface area (Å²) in [7, 11) is 0. The van der Waals surface area contributed by atoms with Gasteiger partial charge in [-0.2, -0.15) is 0 Å². The van der Waals surface area contributed by atoms with Crippen molar-refractivity contribution in [3.05, 3.63) is 35.9 Å². The number of aliphatic hydroxyl groups is 1. The van der Waals surface area contributed by atoms with Crippen molar-refractivity contribution in [3.63, 3.8) is 0 Å². The van der Waals surface area contributed by atoms with Gasteiger partial charge in [0.2, 0.25) is 0 Å². The molecule has 4 aliphatic rings. The van der Waals surface area contributed by atoms with Gasteiger partial charge in [-0.15, -0.1) is 0 Å². The molecule has 1 aromatic carbocycles. The van der Waals surface area contributed by atoms with Crippen LogP contribution < -0.4 is 0 Å². The molecule has 0 heterocycles. The van der Waals surface area contributed by atoms with Crippen LogP contribution in [0.2, 0.25) is 0 Å². The van der Waals surface area contributed by atoms with E-state index in [2.05, 4.69) is 58.0 Å². The highest BCUT2D eigenvalue weighted by Crippen LogP contribution is 2.69. The Balaban J connectivity index is 1.22. The SMILES string of the molecule is C[C@H](CCCCc1ccccc1)C1CCC2C3C[C@H](C)C4C[C@H](O)CCC4(C)C3CC[C@@]21C. The molecule has 1 N–H and O–H groups in total. The third-order valence-corrected chi connectivity index (χ3v) is 12.0. The van der Waals surface area contributed by atoms with Gasteiger partial charge >= 0.3 is 0 Å². The molecule has 1 nitrogen and oxygen atoms in total. The monoisotopic (exact) mass is 450 g/mol. The van der Waals surface area contributed by atoms with Crippen LogP contribution in [0, 0.1) is 52.3 Å². The van der Waals surface area contributed by atoms with Crippen molar-refractivity contribution >= 4 is 0 Å². The topological polar surface area (TPSA) is 20.2 Å². The van der Waals surface area contributed by atoms with Gasteiger partial charge in [0.25, 0.3) is 0 Å². The zero-order valence-electron chi connectivity index (χ0n) is 21.9. The molecule has 0 bridgehead atoms. The normalized spacial score (nSPS) is 45.7. The maximum atomic E-state index is 10.4. The quantitative estimate of drug-likeness (QED) is 0.432. The maximum Gasteiger partial charge on any atom is 0.0543 e. The van der Waals surface area contributed by atoms with Gasteiger partial charge in [0.1, 0.15) is 0 Å². The van der Waals surface area contributed by atoms with Crippen molar-refractivity contribution in [3.8, 4) is 0 Å². The molecule has 1 heteroatoms. The predicted octanol–water partition coefficient (Wildman–Crippen LogP) is 8.30. The fourth-order valence-electron chi connectivity index (χ4n) is 10.3. The molecule has 0 saturated heterocycles. The van der Waals surface area contributed by atoms with Gasteiger partial charge in [0.05, 0.1) is 6.10 Å². The van der Waals surface area contributed by atoms with E-state index in [0.717, 1.165) is 54.3 Å². The number of unbranched alkanes of at least 4 members (excludes halogenated alkanes) is 1. The van der Waals surface area contributed by atoms with E-state index >= 15 is 0 Å². The second kappa shape index (κ2) is 9.33. The van der Waals surface area contributed by atoms with Crippen molar-refractivity contribution in [1.29, 1.82) is 0 Å². The molecule has 0 aromatic heterocycles. The summed E-state index contributed by atoms with van der Waals surface area (Å²) in [6.07, 6.45) is 16.1. The fraction of sp³-hybridized carbons (Fsp3) is 0.812. The average Bonchev–Trinajstić information content (AvgIpc) is 3.16. The molecule has 5 rings (SSSR count). The van der Waals surface area contributed by atoms with Gasteiger partial charge in [0.15, 0.2) is 0 Å². The predicted molar refractivity (Wildman–Crippen MR) is 139 cm³/mol. The van der Waals surface area contributed by atoms with Crippen LogP contribution in [0.4, 0.5) is 0 Å². The third-order valence-electron chi connectivity index (χ3n) is 12.0. The summed E-state index contributed by atoms with van der Waals surface area (Å²) in [5.74, 6) is 6.20. The summed E-state index contributed by atoms with van der Waals surface area (Å²) in [4.78, 5) is 0. The highest BCUT2D eigenvalue weighted by atomic mass is 16.3. The molecule has 0 amide bonds. The molecule has 0 radical (unpaired) electrons. The van der Waals surface area contributed by atoms with Gasteiger partial charge in [-0.1, -0.05) is 70.9 Å². The Kier molecular flexibility index (Phi) is 6.76. The van der Waals surface area contributed by atoms with Gasteiger partial charge in [0, 0.05) is 0 Å². The molecule has 33 heavy (non-hydrogen) atoms. The van der Waals surface area contributed by atoms with E-state index < -0.39 is 0 Å². The summed E-state index contributed by atoms with van der Waals surface area (Å²) >= 11 is 0. The van der Waals surface area contributed by atoms with Gasteiger partial charge < -0.3 is 5.11 Å². The first kappa shape index (κ1) is 23.9. The molecule has 10 atom stereocenters. The molecule has 184 valence electrons. The minimum atomic E-state index is -0.0328. The molecule has 6 unspecified atom stereocenters. The highest BCUT2D eigenvalue weighted by Gasteiger charge is 2.61. The van der Waals surface area contributed by atoms with Gasteiger partial charge in [-0.25, -0.2) is 0 Å². The maximum absolute atomic E-state index is 10.4. The first-order chi connectivity index (χ1) is 15.8. The molecule has 4 fully saturated rings. The van der Waals surface area contributed by atoms with Crippen molar-refractivity contribution in [2.75, 3.05) is 0 Å². The number of benzene rings is 1. The standard InChI is InChI=1S/C32H50O/c1-22(10-8-9-13-24-11-6-5-7-12-24)27-14-15-28-26-20-23(2)30-21-25(33)16-18-32(30,4)29(26)17-19-31(27,28)3/h5-7,11-12,22-23,25-30,33H,8-10,13-21H2,1-4H3/t22-,23+,25-,26?,27?,28?,29?,30?,31-,32?/m1/s1. The molecule has 4 aliphatic carbocycles. The summed E-state index contributed by atoms with van der Waals surface area (Å²) in [5.41, 5.74) is 2.58. The highest BCUT2D eigenvalue weighted by molar-refractivity contribution is 5.14. The van der Waals surface area contributed by atoms with E-state index in [1.54, 1.807) is 0 Å². The number of rotatable bonds is 6. The smallest absolute Gasteiger partial charge is 0.0543 e. The molecule has 1 aromatic rings.